The van der Waals surface area contributed by atoms with Crippen LogP contribution >= 0.6 is 0 Å². The fraction of sp³-hybridized carbons (Fsp3) is 0.750. The van der Waals surface area contributed by atoms with Crippen molar-refractivity contribution in [2.75, 3.05) is 32.8 Å². The molecule has 1 fully saturated rings. The van der Waals surface area contributed by atoms with Crippen LogP contribution in [0.1, 0.15) is 13.3 Å². The van der Waals surface area contributed by atoms with Crippen LogP contribution in [0, 0.1) is 12.3 Å². The molecule has 1 saturated heterocycles. The summed E-state index contributed by atoms with van der Waals surface area (Å²) in [6.07, 6.45) is 5.41. The van der Waals surface area contributed by atoms with Crippen molar-refractivity contribution in [1.82, 2.24) is 10.2 Å². The number of nitrogens with two attached hydrogens (primary N) is 1. The second-order valence-electron chi connectivity index (χ2n) is 4.15. The fourth-order valence-corrected chi connectivity index (χ4v) is 1.76. The zero-order valence-electron chi connectivity index (χ0n) is 10.3. The largest absolute Gasteiger partial charge is 0.374 e. The van der Waals surface area contributed by atoms with Crippen molar-refractivity contribution in [3.05, 3.63) is 0 Å². The van der Waals surface area contributed by atoms with Crippen molar-refractivity contribution in [2.45, 2.75) is 25.5 Å². The van der Waals surface area contributed by atoms with Gasteiger partial charge in [-0.1, -0.05) is 6.92 Å². The summed E-state index contributed by atoms with van der Waals surface area (Å²) in [6.45, 7) is 6.13. The lowest BCUT2D eigenvalue weighted by atomic mass is 10.2. The number of rotatable bonds is 5. The van der Waals surface area contributed by atoms with Gasteiger partial charge >= 0.3 is 0 Å². The number of nitrogens with one attached hydrogen (secondary N) is 1. The molecule has 5 nitrogen and oxygen atoms in total. The number of carbonyl (C=O) groups is 1. The van der Waals surface area contributed by atoms with E-state index in [-0.39, 0.29) is 18.4 Å². The van der Waals surface area contributed by atoms with E-state index in [2.05, 4.69) is 23.1 Å². The Bertz CT molecular complexity index is 288. The standard InChI is InChI=1S/C12H21N3O2/c1-3-5-11(13)12(16)14-8-10-9-15(4-2)6-7-17-10/h1,10-11H,4-9,13H2,2H3,(H,14,16). The first-order chi connectivity index (χ1) is 8.17. The lowest BCUT2D eigenvalue weighted by Crippen LogP contribution is -2.49. The second kappa shape index (κ2) is 7.28. The maximum atomic E-state index is 11.5. The second-order valence-corrected chi connectivity index (χ2v) is 4.15. The monoisotopic (exact) mass is 239 g/mol. The molecule has 0 aromatic heterocycles. The predicted octanol–water partition coefficient (Wildman–Crippen LogP) is -0.826. The SMILES string of the molecule is C#CCC(N)C(=O)NCC1CN(CC)CCO1. The summed E-state index contributed by atoms with van der Waals surface area (Å²) in [5.41, 5.74) is 5.59. The average Bonchev–Trinajstić information content (AvgIpc) is 2.36. The van der Waals surface area contributed by atoms with Crippen molar-refractivity contribution < 1.29 is 9.53 Å². The molecule has 1 amide bonds. The zero-order chi connectivity index (χ0) is 12.7. The van der Waals surface area contributed by atoms with E-state index in [0.29, 0.717) is 13.2 Å². The van der Waals surface area contributed by atoms with E-state index in [1.807, 2.05) is 0 Å². The van der Waals surface area contributed by atoms with Gasteiger partial charge in [-0.05, 0) is 6.54 Å². The Kier molecular flexibility index (Phi) is 5.98. The molecule has 96 valence electrons. The molecule has 0 radical (unpaired) electrons. The normalized spacial score (nSPS) is 22.8. The maximum Gasteiger partial charge on any atom is 0.237 e. The molecule has 5 heteroatoms. The summed E-state index contributed by atoms with van der Waals surface area (Å²) < 4.78 is 5.56. The molecule has 3 N–H and O–H groups in total. The molecular formula is C12H21N3O2. The third-order valence-corrected chi connectivity index (χ3v) is 2.85. The summed E-state index contributed by atoms with van der Waals surface area (Å²) in [5, 5.41) is 2.77. The minimum Gasteiger partial charge on any atom is -0.374 e. The van der Waals surface area contributed by atoms with Crippen molar-refractivity contribution in [3.63, 3.8) is 0 Å². The van der Waals surface area contributed by atoms with Crippen LogP contribution in [0.4, 0.5) is 0 Å². The Morgan fingerprint density at radius 1 is 1.76 bits per heavy atom. The zero-order valence-corrected chi connectivity index (χ0v) is 10.3. The lowest BCUT2D eigenvalue weighted by molar-refractivity contribution is -0.123. The molecule has 1 aliphatic rings. The highest BCUT2D eigenvalue weighted by atomic mass is 16.5. The Balaban J connectivity index is 2.26. The Hall–Kier alpha value is -1.09. The molecule has 1 rings (SSSR count). The van der Waals surface area contributed by atoms with Gasteiger partial charge in [-0.25, -0.2) is 0 Å². The topological polar surface area (TPSA) is 67.6 Å². The molecule has 0 aromatic rings. The van der Waals surface area contributed by atoms with E-state index < -0.39 is 6.04 Å². The number of amides is 1. The third-order valence-electron chi connectivity index (χ3n) is 2.85. The van der Waals surface area contributed by atoms with Crippen molar-refractivity contribution >= 4 is 5.91 Å². The first kappa shape index (κ1) is 14.0. The highest BCUT2D eigenvalue weighted by molar-refractivity contribution is 5.81. The van der Waals surface area contributed by atoms with Gasteiger partial charge in [0.1, 0.15) is 0 Å². The van der Waals surface area contributed by atoms with Crippen LogP contribution in [0.25, 0.3) is 0 Å². The number of morpholine rings is 1. The first-order valence-electron chi connectivity index (χ1n) is 5.98. The van der Waals surface area contributed by atoms with Crippen LogP contribution in [0.5, 0.6) is 0 Å². The average molecular weight is 239 g/mol. The number of carbonyl (C=O) groups excluding carboxylic acids is 1. The van der Waals surface area contributed by atoms with E-state index in [9.17, 15) is 4.79 Å². The van der Waals surface area contributed by atoms with Gasteiger partial charge in [0.25, 0.3) is 0 Å². The van der Waals surface area contributed by atoms with Crippen LogP contribution in [0.15, 0.2) is 0 Å². The number of likely N-dealkylation sites (N-methyl/N-ethyl adjacent to an activating group) is 1. The fourth-order valence-electron chi connectivity index (χ4n) is 1.76. The molecule has 0 bridgehead atoms. The van der Waals surface area contributed by atoms with Crippen molar-refractivity contribution in [3.8, 4) is 12.3 Å². The molecule has 1 aliphatic heterocycles. The Labute approximate surface area is 103 Å². The summed E-state index contributed by atoms with van der Waals surface area (Å²) in [5.74, 6) is 2.17. The Morgan fingerprint density at radius 2 is 2.53 bits per heavy atom. The third kappa shape index (κ3) is 4.73. The quantitative estimate of drug-likeness (QED) is 0.615. The number of hydrogen-bond acceptors (Lipinski definition) is 4. The maximum absolute atomic E-state index is 11.5. The minimum atomic E-state index is -0.620. The van der Waals surface area contributed by atoms with Crippen molar-refractivity contribution in [1.29, 1.82) is 0 Å². The molecule has 0 saturated carbocycles. The van der Waals surface area contributed by atoms with Gasteiger partial charge in [-0.2, -0.15) is 0 Å². The van der Waals surface area contributed by atoms with E-state index in [4.69, 9.17) is 16.9 Å². The van der Waals surface area contributed by atoms with Gasteiger partial charge in [0.15, 0.2) is 0 Å². The van der Waals surface area contributed by atoms with Crippen molar-refractivity contribution in [2.24, 2.45) is 5.73 Å². The first-order valence-corrected chi connectivity index (χ1v) is 5.98. The van der Waals surface area contributed by atoms with E-state index in [1.165, 1.54) is 0 Å². The summed E-state index contributed by atoms with van der Waals surface area (Å²) in [7, 11) is 0. The predicted molar refractivity (Wildman–Crippen MR) is 66.3 cm³/mol. The van der Waals surface area contributed by atoms with Crippen LogP contribution < -0.4 is 11.1 Å². The van der Waals surface area contributed by atoms with Gasteiger partial charge < -0.3 is 15.8 Å². The van der Waals surface area contributed by atoms with Crippen LogP contribution in [-0.4, -0.2) is 55.7 Å². The van der Waals surface area contributed by atoms with E-state index >= 15 is 0 Å². The highest BCUT2D eigenvalue weighted by Gasteiger charge is 2.20. The van der Waals surface area contributed by atoms with Gasteiger partial charge in [0, 0.05) is 26.1 Å². The van der Waals surface area contributed by atoms with Gasteiger partial charge in [0.05, 0.1) is 18.8 Å². The van der Waals surface area contributed by atoms with Crippen LogP contribution in [-0.2, 0) is 9.53 Å². The smallest absolute Gasteiger partial charge is 0.237 e. The molecular weight excluding hydrogens is 218 g/mol. The summed E-state index contributed by atoms with van der Waals surface area (Å²) >= 11 is 0. The highest BCUT2D eigenvalue weighted by Crippen LogP contribution is 2.03. The van der Waals surface area contributed by atoms with Crippen LogP contribution in [0.2, 0.25) is 0 Å². The number of nitrogens with zero attached hydrogens (tertiary/aromatic N) is 1. The van der Waals surface area contributed by atoms with E-state index in [1.54, 1.807) is 0 Å². The summed E-state index contributed by atoms with van der Waals surface area (Å²) in [4.78, 5) is 13.8. The number of ether oxygens (including phenoxy) is 1. The van der Waals surface area contributed by atoms with Gasteiger partial charge in [0.2, 0.25) is 5.91 Å². The molecule has 0 aliphatic carbocycles. The molecule has 2 atom stereocenters. The Morgan fingerprint density at radius 3 is 3.18 bits per heavy atom. The minimum absolute atomic E-state index is 0.0469. The number of hydrogen-bond donors (Lipinski definition) is 2. The number of terminal acetylenes is 1. The summed E-state index contributed by atoms with van der Waals surface area (Å²) in [6, 6.07) is -0.620. The van der Waals surface area contributed by atoms with E-state index in [0.717, 1.165) is 19.6 Å². The molecule has 2 unspecified atom stereocenters. The van der Waals surface area contributed by atoms with Gasteiger partial charge in [-0.15, -0.1) is 12.3 Å². The lowest BCUT2D eigenvalue weighted by Gasteiger charge is -2.32. The van der Waals surface area contributed by atoms with Crippen LogP contribution in [0.3, 0.4) is 0 Å². The molecule has 1 heterocycles. The van der Waals surface area contributed by atoms with Gasteiger partial charge in [-0.3, -0.25) is 9.69 Å². The molecule has 0 aromatic carbocycles. The molecule has 17 heavy (non-hydrogen) atoms. The molecule has 0 spiro atoms.